The van der Waals surface area contributed by atoms with Crippen LogP contribution < -0.4 is 0 Å². The fourth-order valence-electron chi connectivity index (χ4n) is 11.6. The first-order valence-corrected chi connectivity index (χ1v) is 43.2. The van der Waals surface area contributed by atoms with Crippen LogP contribution in [0.3, 0.4) is 0 Å². The summed E-state index contributed by atoms with van der Waals surface area (Å²) in [5.41, 5.74) is 0. The summed E-state index contributed by atoms with van der Waals surface area (Å²) in [5.74, 6) is 0.141. The SMILES string of the molecule is CCCCCC/C=C\C=C/CCCCCCCC(=O)OC[C@H](COP(=O)(O)OCC(O)COP(=O)(O)OC[C@@H](COC(=O)CCCCCCCCCC(C)C)OC(=O)CCCCCCCCCCC(C)C)OC(=O)CCCCCCCCCCCCCCCCCCCCC(C)CC. The van der Waals surface area contributed by atoms with Crippen LogP contribution in [-0.4, -0.2) is 96.7 Å². The highest BCUT2D eigenvalue weighted by atomic mass is 31.2. The van der Waals surface area contributed by atoms with Crippen molar-refractivity contribution in [2.45, 2.75) is 401 Å². The van der Waals surface area contributed by atoms with E-state index in [9.17, 15) is 43.2 Å². The minimum atomic E-state index is -4.97. The zero-order chi connectivity index (χ0) is 72.3. The van der Waals surface area contributed by atoms with Crippen molar-refractivity contribution in [1.29, 1.82) is 0 Å². The molecule has 0 aliphatic carbocycles. The summed E-state index contributed by atoms with van der Waals surface area (Å²) < 4.78 is 68.5. The number of allylic oxidation sites excluding steroid dienone is 4. The van der Waals surface area contributed by atoms with Crippen molar-refractivity contribution in [3.8, 4) is 0 Å². The Bertz CT molecular complexity index is 2000. The van der Waals surface area contributed by atoms with Gasteiger partial charge in [0.15, 0.2) is 12.2 Å². The van der Waals surface area contributed by atoms with Gasteiger partial charge in [-0.2, -0.15) is 0 Å². The lowest BCUT2D eigenvalue weighted by Gasteiger charge is -2.21. The molecule has 0 spiro atoms. The molecule has 0 radical (unpaired) electrons. The summed E-state index contributed by atoms with van der Waals surface area (Å²) in [7, 11) is -9.93. The summed E-state index contributed by atoms with van der Waals surface area (Å²) >= 11 is 0. The van der Waals surface area contributed by atoms with Crippen molar-refractivity contribution in [2.75, 3.05) is 39.6 Å². The highest BCUT2D eigenvalue weighted by Crippen LogP contribution is 2.45. The molecule has 0 aromatic carbocycles. The van der Waals surface area contributed by atoms with Gasteiger partial charge >= 0.3 is 39.5 Å². The highest BCUT2D eigenvalue weighted by molar-refractivity contribution is 7.47. The Morgan fingerprint density at radius 2 is 0.602 bits per heavy atom. The Kier molecular flexibility index (Phi) is 67.2. The number of phosphoric ester groups is 2. The van der Waals surface area contributed by atoms with Crippen molar-refractivity contribution < 1.29 is 80.2 Å². The van der Waals surface area contributed by atoms with Crippen LogP contribution in [0.4, 0.5) is 0 Å². The molecule has 0 saturated heterocycles. The smallest absolute Gasteiger partial charge is 0.462 e. The van der Waals surface area contributed by atoms with Gasteiger partial charge in [-0.1, -0.05) is 330 Å². The summed E-state index contributed by atoms with van der Waals surface area (Å²) in [6.07, 6.45) is 59.3. The van der Waals surface area contributed by atoms with Gasteiger partial charge in [0.2, 0.25) is 0 Å². The van der Waals surface area contributed by atoms with E-state index in [1.54, 1.807) is 0 Å². The van der Waals surface area contributed by atoms with Gasteiger partial charge in [-0.25, -0.2) is 9.13 Å². The molecule has 578 valence electrons. The lowest BCUT2D eigenvalue weighted by Crippen LogP contribution is -2.30. The van der Waals surface area contributed by atoms with E-state index < -0.39 is 97.5 Å². The predicted octanol–water partition coefficient (Wildman–Crippen LogP) is 22.9. The van der Waals surface area contributed by atoms with Gasteiger partial charge in [0.05, 0.1) is 26.4 Å². The van der Waals surface area contributed by atoms with Crippen LogP contribution in [-0.2, 0) is 65.4 Å². The van der Waals surface area contributed by atoms with E-state index in [2.05, 4.69) is 72.8 Å². The number of ether oxygens (including phenoxy) is 4. The van der Waals surface area contributed by atoms with Gasteiger partial charge in [-0.15, -0.1) is 0 Å². The maximum atomic E-state index is 13.1. The van der Waals surface area contributed by atoms with E-state index in [1.807, 2.05) is 0 Å². The molecular formula is C79H150O17P2. The molecule has 0 amide bonds. The van der Waals surface area contributed by atoms with Crippen LogP contribution in [0, 0.1) is 17.8 Å². The van der Waals surface area contributed by atoms with Crippen LogP contribution in [0.25, 0.3) is 0 Å². The van der Waals surface area contributed by atoms with E-state index in [1.165, 1.54) is 167 Å². The second-order valence-corrected chi connectivity index (χ2v) is 31.9. The monoisotopic (exact) mass is 1430 g/mol. The third-order valence-electron chi connectivity index (χ3n) is 18.1. The molecule has 0 heterocycles. The molecule has 19 heteroatoms. The van der Waals surface area contributed by atoms with E-state index in [-0.39, 0.29) is 25.7 Å². The first kappa shape index (κ1) is 95.5. The Balaban J connectivity index is 5.23. The Morgan fingerprint density at radius 1 is 0.337 bits per heavy atom. The van der Waals surface area contributed by atoms with Gasteiger partial charge < -0.3 is 33.8 Å². The zero-order valence-electron chi connectivity index (χ0n) is 63.7. The molecule has 4 unspecified atom stereocenters. The maximum absolute atomic E-state index is 13.1. The van der Waals surface area contributed by atoms with Crippen LogP contribution in [0.15, 0.2) is 24.3 Å². The van der Waals surface area contributed by atoms with Crippen molar-refractivity contribution in [1.82, 2.24) is 0 Å². The Morgan fingerprint density at radius 3 is 0.908 bits per heavy atom. The van der Waals surface area contributed by atoms with Crippen molar-refractivity contribution in [3.05, 3.63) is 24.3 Å². The molecule has 0 saturated carbocycles. The fraction of sp³-hybridized carbons (Fsp3) is 0.899. The van der Waals surface area contributed by atoms with E-state index in [0.29, 0.717) is 37.5 Å². The third-order valence-corrected chi connectivity index (χ3v) is 20.0. The average Bonchev–Trinajstić information content (AvgIpc) is 0.974. The van der Waals surface area contributed by atoms with Crippen molar-refractivity contribution in [3.63, 3.8) is 0 Å². The molecule has 6 atom stereocenters. The second-order valence-electron chi connectivity index (χ2n) is 29.0. The van der Waals surface area contributed by atoms with Gasteiger partial charge in [0, 0.05) is 25.7 Å². The first-order chi connectivity index (χ1) is 47.3. The maximum Gasteiger partial charge on any atom is 0.472 e. The molecule has 0 aromatic rings. The zero-order valence-corrected chi connectivity index (χ0v) is 65.5. The number of esters is 4. The van der Waals surface area contributed by atoms with Gasteiger partial charge in [0.1, 0.15) is 19.3 Å². The summed E-state index contributed by atoms with van der Waals surface area (Å²) in [4.78, 5) is 72.8. The average molecular weight is 1430 g/mol. The van der Waals surface area contributed by atoms with Crippen LogP contribution in [0.5, 0.6) is 0 Å². The van der Waals surface area contributed by atoms with E-state index >= 15 is 0 Å². The van der Waals surface area contributed by atoms with Crippen molar-refractivity contribution >= 4 is 39.5 Å². The Hall–Kier alpha value is -2.46. The molecule has 0 aliphatic rings. The minimum Gasteiger partial charge on any atom is -0.462 e. The standard InChI is InChI=1S/C79H150O17P2/c1-8-10-11-12-13-14-15-16-21-25-28-31-39-46-53-60-76(81)89-66-74(95-78(83)62-55-48-40-32-29-26-23-20-18-17-19-22-24-27-30-38-45-52-59-72(7)9-2)68-93-97(85,86)91-64-73(80)65-92-98(87,88)94-69-75(67-90-77(82)61-54-47-42-35-37-44-51-58-71(5)6)96-79(84)63-56-49-41-34-33-36-43-50-57-70(3)4/h14-16,21,70-75,80H,8-13,17-20,22-69H2,1-7H3,(H,85,86)(H,87,88)/b15-14-,21-16-/t72?,73?,74-,75-/m1/s1. The van der Waals surface area contributed by atoms with Crippen LogP contribution in [0.1, 0.15) is 382 Å². The van der Waals surface area contributed by atoms with Crippen LogP contribution >= 0.6 is 15.6 Å². The number of hydrogen-bond acceptors (Lipinski definition) is 15. The predicted molar refractivity (Wildman–Crippen MR) is 400 cm³/mol. The van der Waals surface area contributed by atoms with E-state index in [0.717, 1.165) is 121 Å². The topological polar surface area (TPSA) is 237 Å². The van der Waals surface area contributed by atoms with Crippen LogP contribution in [0.2, 0.25) is 0 Å². The fourth-order valence-corrected chi connectivity index (χ4v) is 13.1. The minimum absolute atomic E-state index is 0.101. The quantitative estimate of drug-likeness (QED) is 0.0169. The molecular weight excluding hydrogens is 1280 g/mol. The molecule has 0 rings (SSSR count). The van der Waals surface area contributed by atoms with Gasteiger partial charge in [-0.3, -0.25) is 37.3 Å². The normalized spacial score (nSPS) is 14.4. The number of carbonyl (C=O) groups is 4. The number of aliphatic hydroxyl groups excluding tert-OH is 1. The number of phosphoric acid groups is 2. The van der Waals surface area contributed by atoms with Gasteiger partial charge in [0.25, 0.3) is 0 Å². The highest BCUT2D eigenvalue weighted by Gasteiger charge is 2.30. The Labute approximate surface area is 599 Å². The third kappa shape index (κ3) is 70.6. The summed E-state index contributed by atoms with van der Waals surface area (Å²) in [6, 6.07) is 0. The lowest BCUT2D eigenvalue weighted by atomic mass is 9.99. The second kappa shape index (κ2) is 68.9. The number of aliphatic hydroxyl groups is 1. The molecule has 0 fully saturated rings. The lowest BCUT2D eigenvalue weighted by molar-refractivity contribution is -0.161. The summed E-state index contributed by atoms with van der Waals surface area (Å²) in [6.45, 7) is 11.8. The number of unbranched alkanes of at least 4 members (excludes halogenated alkanes) is 39. The molecule has 17 nitrogen and oxygen atoms in total. The number of carbonyl (C=O) groups excluding carboxylic acids is 4. The number of rotatable bonds is 75. The summed E-state index contributed by atoms with van der Waals surface area (Å²) in [5, 5.41) is 10.6. The van der Waals surface area contributed by atoms with Gasteiger partial charge in [-0.05, 0) is 69.1 Å². The largest absolute Gasteiger partial charge is 0.472 e. The molecule has 0 aliphatic heterocycles. The van der Waals surface area contributed by atoms with E-state index in [4.69, 9.17) is 37.0 Å². The molecule has 0 aromatic heterocycles. The molecule has 3 N–H and O–H groups in total. The first-order valence-electron chi connectivity index (χ1n) is 40.2. The molecule has 98 heavy (non-hydrogen) atoms. The number of hydrogen-bond donors (Lipinski definition) is 3. The van der Waals surface area contributed by atoms with Crippen molar-refractivity contribution in [2.24, 2.45) is 17.8 Å². The molecule has 0 bridgehead atoms.